The Labute approximate surface area is 373 Å². The van der Waals surface area contributed by atoms with Crippen molar-refractivity contribution < 1.29 is 10.2 Å². The topological polar surface area (TPSA) is 128 Å². The lowest BCUT2D eigenvalue weighted by Gasteiger charge is -2.20. The van der Waals surface area contributed by atoms with Crippen LogP contribution in [-0.4, -0.2) is 33.1 Å². The molecule has 63 heavy (non-hydrogen) atoms. The Kier molecular flexibility index (Phi) is 18.5. The predicted octanol–water partition coefficient (Wildman–Crippen LogP) is 14.7. The molecule has 6 aromatic carbocycles. The normalized spacial score (nSPS) is 12.4. The van der Waals surface area contributed by atoms with Crippen molar-refractivity contribution in [3.63, 3.8) is 0 Å². The first-order chi connectivity index (χ1) is 30.6. The smallest absolute Gasteiger partial charge is 0.154 e. The molecule has 7 nitrogen and oxygen atoms in total. The van der Waals surface area contributed by atoms with Gasteiger partial charge < -0.3 is 15.9 Å². The second-order valence-corrected chi connectivity index (χ2v) is 14.2. The van der Waals surface area contributed by atoms with Crippen LogP contribution >= 0.6 is 0 Å². The Hall–Kier alpha value is -7.38. The highest BCUT2D eigenvalue weighted by Crippen LogP contribution is 2.45. The number of phenols is 1. The maximum Gasteiger partial charge on any atom is 0.154 e. The molecule has 0 aliphatic rings. The summed E-state index contributed by atoms with van der Waals surface area (Å²) in [5.41, 5.74) is 14.2. The average molecular weight is 836 g/mol. The number of hydrogen-bond donors (Lipinski definition) is 4. The predicted molar refractivity (Wildman–Crippen MR) is 272 cm³/mol. The summed E-state index contributed by atoms with van der Waals surface area (Å²) < 4.78 is 0. The van der Waals surface area contributed by atoms with E-state index in [9.17, 15) is 10.2 Å². The van der Waals surface area contributed by atoms with E-state index >= 15 is 0 Å². The van der Waals surface area contributed by atoms with Gasteiger partial charge in [0.15, 0.2) is 5.84 Å². The number of rotatable bonds is 10. The molecule has 0 spiro atoms. The zero-order valence-electron chi connectivity index (χ0n) is 37.9. The van der Waals surface area contributed by atoms with Crippen LogP contribution < -0.4 is 5.73 Å². The number of aromatic nitrogens is 1. The number of pyridine rings is 1. The minimum atomic E-state index is -0.262. The van der Waals surface area contributed by atoms with Gasteiger partial charge >= 0.3 is 0 Å². The summed E-state index contributed by atoms with van der Waals surface area (Å²) in [4.78, 5) is 13.6. The highest BCUT2D eigenvalue weighted by molar-refractivity contribution is 6.22. The fourth-order valence-corrected chi connectivity index (χ4v) is 7.22. The molecule has 322 valence electrons. The molecule has 1 heterocycles. The van der Waals surface area contributed by atoms with Crippen LogP contribution in [0, 0.1) is 18.3 Å². The van der Waals surface area contributed by atoms with Crippen LogP contribution in [0.2, 0.25) is 0 Å². The molecule has 1 aromatic heterocycles. The summed E-state index contributed by atoms with van der Waals surface area (Å²) in [5.74, 6) is 0.175. The molecule has 7 aromatic rings. The van der Waals surface area contributed by atoms with E-state index in [1.165, 1.54) is 11.6 Å². The Balaban J connectivity index is 0.000000705. The van der Waals surface area contributed by atoms with Crippen molar-refractivity contribution >= 4 is 55.9 Å². The number of hydrogen-bond acceptors (Lipinski definition) is 5. The summed E-state index contributed by atoms with van der Waals surface area (Å²) in [6.07, 6.45) is 11.6. The number of phenolic OH excluding ortho intramolecular Hbond substituents is 1. The molecule has 0 aliphatic heterocycles. The number of nitrogens with two attached hydrogens (primary N) is 1. The van der Waals surface area contributed by atoms with Gasteiger partial charge in [-0.25, -0.2) is 4.99 Å². The van der Waals surface area contributed by atoms with Crippen LogP contribution in [0.1, 0.15) is 77.1 Å². The molecular weight excluding hydrogens is 775 g/mol. The van der Waals surface area contributed by atoms with E-state index in [1.807, 2.05) is 145 Å². The molecule has 5 N–H and O–H groups in total. The van der Waals surface area contributed by atoms with Gasteiger partial charge in [0.1, 0.15) is 22.9 Å². The van der Waals surface area contributed by atoms with Gasteiger partial charge in [-0.3, -0.25) is 15.4 Å². The minimum absolute atomic E-state index is 0.0262. The van der Waals surface area contributed by atoms with Crippen LogP contribution in [0.4, 0.5) is 0 Å². The number of aliphatic hydroxyl groups is 1. The molecular formula is C56H61N5O2. The lowest BCUT2D eigenvalue weighted by molar-refractivity contribution is 0.418. The van der Waals surface area contributed by atoms with E-state index in [0.717, 1.165) is 49.2 Å². The van der Waals surface area contributed by atoms with Gasteiger partial charge in [0, 0.05) is 41.3 Å². The van der Waals surface area contributed by atoms with Crippen molar-refractivity contribution in [3.8, 4) is 16.9 Å². The number of allylic oxidation sites excluding steroid dienone is 5. The highest BCUT2D eigenvalue weighted by atomic mass is 16.3. The number of aryl methyl sites for hydroxylation is 1. The molecule has 0 fully saturated rings. The van der Waals surface area contributed by atoms with Crippen LogP contribution in [0.25, 0.3) is 49.1 Å². The Morgan fingerprint density at radius 1 is 0.794 bits per heavy atom. The monoisotopic (exact) mass is 835 g/mol. The second kappa shape index (κ2) is 24.2. The molecule has 0 radical (unpaired) electrons. The zero-order valence-corrected chi connectivity index (χ0v) is 37.9. The molecule has 0 saturated heterocycles. The van der Waals surface area contributed by atoms with Gasteiger partial charge in [0.2, 0.25) is 0 Å². The first kappa shape index (κ1) is 48.3. The molecule has 1 atom stereocenters. The lowest BCUT2D eigenvalue weighted by atomic mass is 9.84. The third-order valence-corrected chi connectivity index (χ3v) is 10.0. The fraction of sp³-hybridized carbons (Fsp3) is 0.179. The van der Waals surface area contributed by atoms with Crippen molar-refractivity contribution in [2.75, 3.05) is 0 Å². The van der Waals surface area contributed by atoms with Gasteiger partial charge in [0.05, 0.1) is 5.70 Å². The summed E-state index contributed by atoms with van der Waals surface area (Å²) in [6.45, 7) is 19.9. The minimum Gasteiger partial charge on any atom is -0.506 e. The fourth-order valence-electron chi connectivity index (χ4n) is 7.22. The molecule has 7 heteroatoms. The van der Waals surface area contributed by atoms with Crippen molar-refractivity contribution in [1.29, 1.82) is 5.41 Å². The molecule has 1 unspecified atom stereocenters. The maximum atomic E-state index is 10.8. The number of benzene rings is 6. The summed E-state index contributed by atoms with van der Waals surface area (Å²) in [5, 5.41) is 35.0. The van der Waals surface area contributed by atoms with Crippen molar-refractivity contribution in [3.05, 3.63) is 198 Å². The van der Waals surface area contributed by atoms with Crippen LogP contribution in [-0.2, 0) is 0 Å². The second-order valence-electron chi connectivity index (χ2n) is 14.2. The zero-order chi connectivity index (χ0) is 45.9. The largest absolute Gasteiger partial charge is 0.506 e. The van der Waals surface area contributed by atoms with E-state index in [1.54, 1.807) is 18.5 Å². The summed E-state index contributed by atoms with van der Waals surface area (Å²) in [7, 11) is 0. The van der Waals surface area contributed by atoms with E-state index in [-0.39, 0.29) is 29.1 Å². The van der Waals surface area contributed by atoms with Crippen LogP contribution in [0.15, 0.2) is 186 Å². The number of aliphatic hydroxyl groups excluding tert-OH is 1. The number of aromatic hydroxyl groups is 1. The summed E-state index contributed by atoms with van der Waals surface area (Å²) in [6, 6.07) is 41.3. The number of nitrogens with zero attached hydrogens (tertiary/aromatic N) is 3. The molecule has 0 saturated carbocycles. The third-order valence-electron chi connectivity index (χ3n) is 10.0. The van der Waals surface area contributed by atoms with E-state index in [2.05, 4.69) is 71.8 Å². The van der Waals surface area contributed by atoms with Crippen molar-refractivity contribution in [1.82, 2.24) is 4.98 Å². The van der Waals surface area contributed by atoms with Gasteiger partial charge in [0.25, 0.3) is 0 Å². The van der Waals surface area contributed by atoms with E-state index in [0.29, 0.717) is 28.8 Å². The number of aliphatic imine (C=N–C) groups is 2. The molecule has 7 rings (SSSR count). The van der Waals surface area contributed by atoms with Crippen molar-refractivity contribution in [2.24, 2.45) is 21.6 Å². The Morgan fingerprint density at radius 2 is 1.41 bits per heavy atom. The molecule has 0 bridgehead atoms. The van der Waals surface area contributed by atoms with E-state index < -0.39 is 0 Å². The van der Waals surface area contributed by atoms with Crippen LogP contribution in [0.5, 0.6) is 5.75 Å². The molecule has 0 amide bonds. The number of amidine groups is 2. The SMILES string of the molecule is C=C/C(O)=C(/N=CCC=CC)C(C)C=C(C)c1c2ccccc2c(-c2ccc(O)c3ncccc23)c2ccc(C(N)=NC(=N)c3ccccc3)cc12.CC.CC.Cc1ccccc1. The van der Waals surface area contributed by atoms with Crippen LogP contribution in [0.3, 0.4) is 0 Å². The Bertz CT molecular complexity index is 2800. The first-order valence-electron chi connectivity index (χ1n) is 21.6. The Morgan fingerprint density at radius 3 is 2.05 bits per heavy atom. The molecule has 0 aliphatic carbocycles. The number of fused-ring (bicyclic) bond motifs is 3. The summed E-state index contributed by atoms with van der Waals surface area (Å²) >= 11 is 0. The van der Waals surface area contributed by atoms with E-state index in [4.69, 9.17) is 11.1 Å². The van der Waals surface area contributed by atoms with Crippen molar-refractivity contribution in [2.45, 2.75) is 61.8 Å². The standard InChI is InChI=1S/C45H41N5O2.C7H8.2C2H6/c1-5-7-13-24-48-42(38(51)6-2)29(4)26-28(3)40-32-17-11-12-18-33(32)41(34-22-23-39(52)43-36(34)19-14-25-49-43)35-21-20-31(27-37(35)40)45(47)50-44(46)30-15-9-8-10-16-30;1-7-5-3-2-4-6-7;2*1-2/h5-12,14-27,29,51-52H,2,13H2,1,3-4H3,(H3,46,47,50);2-6H,1H3;2*1-2H3/b7-5?,28-26?,42-38-,48-24?;;;. The van der Waals surface area contributed by atoms with Gasteiger partial charge in [-0.15, -0.1) is 0 Å². The van der Waals surface area contributed by atoms with Gasteiger partial charge in [-0.1, -0.05) is 168 Å². The third kappa shape index (κ3) is 11.9. The highest BCUT2D eigenvalue weighted by Gasteiger charge is 2.21. The first-order valence-corrected chi connectivity index (χ1v) is 21.6. The average Bonchev–Trinajstić information content (AvgIpc) is 3.32. The number of nitrogens with one attached hydrogen (secondary N) is 1. The van der Waals surface area contributed by atoms with Gasteiger partial charge in [-0.05, 0) is 94.9 Å². The quantitative estimate of drug-likeness (QED) is 0.0273. The lowest BCUT2D eigenvalue weighted by Crippen LogP contribution is -2.16. The van der Waals surface area contributed by atoms with Gasteiger partial charge in [-0.2, -0.15) is 0 Å². The maximum absolute atomic E-state index is 10.8.